The third-order valence-corrected chi connectivity index (χ3v) is 8.20. The van der Waals surface area contributed by atoms with Crippen LogP contribution in [0.5, 0.6) is 0 Å². The molecule has 0 aliphatic carbocycles. The molecule has 0 saturated carbocycles. The van der Waals surface area contributed by atoms with Gasteiger partial charge in [0, 0.05) is 56.4 Å². The molecule has 11 heteroatoms. The molecule has 2 atom stereocenters. The number of para-hydroxylation sites is 1. The summed E-state index contributed by atoms with van der Waals surface area (Å²) >= 11 is 1.49. The maximum atomic E-state index is 14.3. The number of thioether (sulfide) groups is 1. The summed E-state index contributed by atoms with van der Waals surface area (Å²) in [5.41, 5.74) is 1.16. The Labute approximate surface area is 229 Å². The predicted octanol–water partition coefficient (Wildman–Crippen LogP) is 5.03. The number of carbonyl (C=O) groups is 1. The molecular weight excluding hydrogens is 530 g/mol. The lowest BCUT2D eigenvalue weighted by atomic mass is 10.1. The molecule has 0 spiro atoms. The van der Waals surface area contributed by atoms with E-state index in [1.54, 1.807) is 35.4 Å². The highest BCUT2D eigenvalue weighted by molar-refractivity contribution is 7.99. The second-order valence-corrected chi connectivity index (χ2v) is 11.1. The van der Waals surface area contributed by atoms with Gasteiger partial charge in [0.25, 0.3) is 0 Å². The highest BCUT2D eigenvalue weighted by atomic mass is 32.2. The average molecular weight is 560 g/mol. The zero-order chi connectivity index (χ0) is 27.6. The van der Waals surface area contributed by atoms with Crippen LogP contribution in [0.4, 0.5) is 23.2 Å². The zero-order valence-corrected chi connectivity index (χ0v) is 22.3. The number of aryl methyl sites for hydroxylation is 1. The van der Waals surface area contributed by atoms with E-state index in [1.807, 2.05) is 22.8 Å². The van der Waals surface area contributed by atoms with Crippen molar-refractivity contribution in [1.82, 2.24) is 19.8 Å². The number of hydrogen-bond acceptors (Lipinski definition) is 6. The number of carbonyl (C=O) groups excluding carboxylic acids is 1. The Bertz CT molecular complexity index is 1310. The van der Waals surface area contributed by atoms with Gasteiger partial charge in [0.05, 0.1) is 17.3 Å². The van der Waals surface area contributed by atoms with Crippen LogP contribution in [0.3, 0.4) is 0 Å². The van der Waals surface area contributed by atoms with E-state index < -0.39 is 17.8 Å². The molecule has 0 unspecified atom stereocenters. The Balaban J connectivity index is 1.31. The zero-order valence-electron chi connectivity index (χ0n) is 21.4. The fourth-order valence-corrected chi connectivity index (χ4v) is 6.34. The van der Waals surface area contributed by atoms with Crippen LogP contribution in [0.1, 0.15) is 23.2 Å². The van der Waals surface area contributed by atoms with Crippen LogP contribution in [0, 0.1) is 12.7 Å². The van der Waals surface area contributed by atoms with Crippen LogP contribution >= 0.6 is 11.8 Å². The lowest BCUT2D eigenvalue weighted by Gasteiger charge is -2.38. The first-order valence-corrected chi connectivity index (χ1v) is 13.7. The fourth-order valence-electron chi connectivity index (χ4n) is 5.18. The molecule has 2 aliphatic rings. The van der Waals surface area contributed by atoms with Crippen molar-refractivity contribution in [2.45, 2.75) is 42.5 Å². The third kappa shape index (κ3) is 6.52. The Hall–Kier alpha value is -3.18. The molecule has 0 radical (unpaired) electrons. The van der Waals surface area contributed by atoms with Crippen LogP contribution in [0.15, 0.2) is 66.0 Å². The van der Waals surface area contributed by atoms with Crippen molar-refractivity contribution in [2.24, 2.45) is 0 Å². The first-order valence-electron chi connectivity index (χ1n) is 12.8. The van der Waals surface area contributed by atoms with Gasteiger partial charge in [0.15, 0.2) is 5.16 Å². The summed E-state index contributed by atoms with van der Waals surface area (Å²) in [6.45, 7) is 4.52. The summed E-state index contributed by atoms with van der Waals surface area (Å²) in [4.78, 5) is 28.2. The number of aromatic nitrogens is 2. The van der Waals surface area contributed by atoms with Gasteiger partial charge in [0.1, 0.15) is 5.82 Å². The van der Waals surface area contributed by atoms with Crippen LogP contribution < -0.4 is 4.90 Å². The van der Waals surface area contributed by atoms with Crippen molar-refractivity contribution in [3.8, 4) is 0 Å². The molecule has 39 heavy (non-hydrogen) atoms. The molecule has 1 aromatic heterocycles. The summed E-state index contributed by atoms with van der Waals surface area (Å²) in [5.74, 6) is -0.345. The fraction of sp³-hybridized carbons (Fsp3) is 0.393. The monoisotopic (exact) mass is 559 g/mol. The van der Waals surface area contributed by atoms with E-state index in [0.717, 1.165) is 17.8 Å². The van der Waals surface area contributed by atoms with Gasteiger partial charge < -0.3 is 9.80 Å². The Morgan fingerprint density at radius 1 is 1.05 bits per heavy atom. The molecule has 0 N–H and O–H groups in total. The van der Waals surface area contributed by atoms with Gasteiger partial charge in [0.2, 0.25) is 5.91 Å². The SMILES string of the molecule is Cc1ccnc(S[C@@H]2C[C@@H](C(=O)N3CCN(c4ccccc4F)CC3)N(Cc3cccc(C(F)(F)F)c3)C2)n1. The van der Waals surface area contributed by atoms with Crippen molar-refractivity contribution in [3.63, 3.8) is 0 Å². The number of rotatable bonds is 6. The van der Waals surface area contributed by atoms with Gasteiger partial charge in [-0.3, -0.25) is 9.69 Å². The number of piperazine rings is 1. The first-order chi connectivity index (χ1) is 18.7. The smallest absolute Gasteiger partial charge is 0.366 e. The minimum absolute atomic E-state index is 0.00579. The first kappa shape index (κ1) is 27.4. The molecule has 3 aromatic rings. The number of halogens is 4. The maximum Gasteiger partial charge on any atom is 0.416 e. The molecular formula is C28H29F4N5OS. The van der Waals surface area contributed by atoms with Gasteiger partial charge in [-0.1, -0.05) is 42.1 Å². The molecule has 2 aromatic carbocycles. The summed E-state index contributed by atoms with van der Waals surface area (Å²) in [5, 5.41) is 0.622. The van der Waals surface area contributed by atoms with E-state index in [0.29, 0.717) is 55.6 Å². The Morgan fingerprint density at radius 3 is 2.54 bits per heavy atom. The van der Waals surface area contributed by atoms with E-state index >= 15 is 0 Å². The lowest BCUT2D eigenvalue weighted by molar-refractivity contribution is -0.138. The van der Waals surface area contributed by atoms with Crippen molar-refractivity contribution in [2.75, 3.05) is 37.6 Å². The summed E-state index contributed by atoms with van der Waals surface area (Å²) < 4.78 is 54.2. The number of benzene rings is 2. The molecule has 0 bridgehead atoms. The van der Waals surface area contributed by atoms with Gasteiger partial charge in [-0.05, 0) is 43.2 Å². The maximum absolute atomic E-state index is 14.3. The Morgan fingerprint density at radius 2 is 1.82 bits per heavy atom. The van der Waals surface area contributed by atoms with Crippen molar-refractivity contribution in [1.29, 1.82) is 0 Å². The standard InChI is InChI=1S/C28H29F4N5OS/c1-19-9-10-33-27(34-19)39-22-16-25(37(18-22)17-20-5-4-6-21(15-20)28(30,31)32)26(38)36-13-11-35(12-14-36)24-8-3-2-7-23(24)29/h2-10,15,22,25H,11-14,16-18H2,1H3/t22-,25+/m1/s1. The van der Waals surface area contributed by atoms with E-state index in [1.165, 1.54) is 23.9 Å². The van der Waals surface area contributed by atoms with Gasteiger partial charge in [-0.15, -0.1) is 0 Å². The summed E-state index contributed by atoms with van der Waals surface area (Å²) in [7, 11) is 0. The number of amides is 1. The molecule has 6 nitrogen and oxygen atoms in total. The van der Waals surface area contributed by atoms with Crippen molar-refractivity contribution < 1.29 is 22.4 Å². The quantitative estimate of drug-likeness (QED) is 0.312. The number of nitrogens with zero attached hydrogens (tertiary/aromatic N) is 5. The summed E-state index contributed by atoms with van der Waals surface area (Å²) in [6.07, 6.45) is -2.21. The highest BCUT2D eigenvalue weighted by Gasteiger charge is 2.40. The second kappa shape index (κ2) is 11.5. The molecule has 3 heterocycles. The molecule has 2 fully saturated rings. The van der Waals surface area contributed by atoms with E-state index in [2.05, 4.69) is 9.97 Å². The molecule has 1 amide bonds. The number of hydrogen-bond donors (Lipinski definition) is 0. The van der Waals surface area contributed by atoms with Gasteiger partial charge in [-0.2, -0.15) is 13.2 Å². The molecule has 5 rings (SSSR count). The Kier molecular flexibility index (Phi) is 8.08. The van der Waals surface area contributed by atoms with Crippen LogP contribution in [0.2, 0.25) is 0 Å². The topological polar surface area (TPSA) is 52.6 Å². The predicted molar refractivity (Wildman–Crippen MR) is 142 cm³/mol. The minimum Gasteiger partial charge on any atom is -0.366 e. The highest BCUT2D eigenvalue weighted by Crippen LogP contribution is 2.35. The summed E-state index contributed by atoms with van der Waals surface area (Å²) in [6, 6.07) is 13.2. The third-order valence-electron chi connectivity index (χ3n) is 7.12. The number of alkyl halides is 3. The molecule has 2 aliphatic heterocycles. The number of likely N-dealkylation sites (tertiary alicyclic amines) is 1. The molecule has 206 valence electrons. The van der Waals surface area contributed by atoms with Gasteiger partial charge in [-0.25, -0.2) is 14.4 Å². The second-order valence-electron chi connectivity index (χ2n) is 9.86. The average Bonchev–Trinajstić information content (AvgIpc) is 3.30. The number of anilines is 1. The van der Waals surface area contributed by atoms with E-state index in [-0.39, 0.29) is 23.5 Å². The minimum atomic E-state index is -4.44. The normalized spacial score (nSPS) is 20.4. The lowest BCUT2D eigenvalue weighted by Crippen LogP contribution is -2.53. The van der Waals surface area contributed by atoms with E-state index in [9.17, 15) is 22.4 Å². The molecule has 2 saturated heterocycles. The van der Waals surface area contributed by atoms with Gasteiger partial charge >= 0.3 is 6.18 Å². The van der Waals surface area contributed by atoms with Crippen LogP contribution in [-0.4, -0.2) is 69.7 Å². The van der Waals surface area contributed by atoms with Crippen molar-refractivity contribution in [3.05, 3.63) is 83.4 Å². The van der Waals surface area contributed by atoms with Crippen LogP contribution in [0.25, 0.3) is 0 Å². The van der Waals surface area contributed by atoms with Crippen LogP contribution in [-0.2, 0) is 17.5 Å². The van der Waals surface area contributed by atoms with Crippen molar-refractivity contribution >= 4 is 23.4 Å². The van der Waals surface area contributed by atoms with E-state index in [4.69, 9.17) is 0 Å². The largest absolute Gasteiger partial charge is 0.416 e.